The van der Waals surface area contributed by atoms with Crippen LogP contribution in [-0.4, -0.2) is 17.0 Å². The van der Waals surface area contributed by atoms with Gasteiger partial charge < -0.3 is 5.32 Å². The summed E-state index contributed by atoms with van der Waals surface area (Å²) in [4.78, 5) is 13.4. The number of carbonyl (C=O) groups excluding carboxylic acids is 1. The molecule has 1 unspecified atom stereocenters. The topological polar surface area (TPSA) is 32.3 Å². The Kier molecular flexibility index (Phi) is 3.08. The van der Waals surface area contributed by atoms with Crippen molar-refractivity contribution in [2.75, 3.05) is 0 Å². The normalized spacial score (nSPS) is 23.2. The number of nitrogens with zero attached hydrogens (tertiary/aromatic N) is 1. The maximum absolute atomic E-state index is 13.3. The van der Waals surface area contributed by atoms with Crippen LogP contribution < -0.4 is 5.32 Å². The molecule has 2 amide bonds. The Bertz CT molecular complexity index is 536. The Morgan fingerprint density at radius 2 is 1.79 bits per heavy atom. The van der Waals surface area contributed by atoms with Crippen molar-refractivity contribution in [1.82, 2.24) is 10.2 Å². The van der Waals surface area contributed by atoms with Crippen molar-refractivity contribution in [1.29, 1.82) is 0 Å². The summed E-state index contributed by atoms with van der Waals surface area (Å²) in [5.41, 5.74) is -0.173. The van der Waals surface area contributed by atoms with Crippen LogP contribution >= 0.6 is 0 Å². The molecule has 0 spiro atoms. The van der Waals surface area contributed by atoms with Gasteiger partial charge >= 0.3 is 6.03 Å². The quantitative estimate of drug-likeness (QED) is 0.876. The molecule has 1 aromatic carbocycles. The van der Waals surface area contributed by atoms with Gasteiger partial charge in [-0.25, -0.2) is 13.6 Å². The van der Waals surface area contributed by atoms with Crippen LogP contribution in [0.1, 0.15) is 26.3 Å². The lowest BCUT2D eigenvalue weighted by Gasteiger charge is -2.28. The summed E-state index contributed by atoms with van der Waals surface area (Å²) >= 11 is 0. The van der Waals surface area contributed by atoms with Gasteiger partial charge in [-0.2, -0.15) is 0 Å². The predicted molar refractivity (Wildman–Crippen MR) is 68.4 cm³/mol. The summed E-state index contributed by atoms with van der Waals surface area (Å²) in [5.74, 6) is -1.36. The third-order valence-electron chi connectivity index (χ3n) is 3.40. The summed E-state index contributed by atoms with van der Waals surface area (Å²) in [6, 6.07) is 2.82. The summed E-state index contributed by atoms with van der Waals surface area (Å²) < 4.78 is 26.7. The Hall–Kier alpha value is -1.91. The van der Waals surface area contributed by atoms with Gasteiger partial charge in [0.15, 0.2) is 0 Å². The first kappa shape index (κ1) is 13.5. The van der Waals surface area contributed by atoms with Crippen molar-refractivity contribution in [3.8, 4) is 0 Å². The molecule has 1 fully saturated rings. The van der Waals surface area contributed by atoms with E-state index in [2.05, 4.69) is 11.9 Å². The van der Waals surface area contributed by atoms with E-state index in [0.29, 0.717) is 11.3 Å². The van der Waals surface area contributed by atoms with Crippen LogP contribution in [0.2, 0.25) is 0 Å². The van der Waals surface area contributed by atoms with Gasteiger partial charge in [0.05, 0.1) is 0 Å². The second-order valence-electron chi connectivity index (χ2n) is 5.12. The second-order valence-corrected chi connectivity index (χ2v) is 5.12. The SMILES string of the molecule is C=C1N(C(C)C)C(=O)NC1(C)c1cc(F)cc(F)c1. The maximum atomic E-state index is 13.3. The van der Waals surface area contributed by atoms with Crippen LogP contribution in [0.3, 0.4) is 0 Å². The highest BCUT2D eigenvalue weighted by atomic mass is 19.1. The predicted octanol–water partition coefficient (Wildman–Crippen LogP) is 3.13. The molecule has 1 heterocycles. The summed E-state index contributed by atoms with van der Waals surface area (Å²) in [6.45, 7) is 9.28. The highest BCUT2D eigenvalue weighted by molar-refractivity contribution is 5.82. The molecule has 1 aliphatic heterocycles. The van der Waals surface area contributed by atoms with E-state index in [-0.39, 0.29) is 12.1 Å². The fourth-order valence-electron chi connectivity index (χ4n) is 2.34. The largest absolute Gasteiger partial charge is 0.323 e. The minimum absolute atomic E-state index is 0.0762. The zero-order valence-corrected chi connectivity index (χ0v) is 11.1. The Balaban J connectivity index is 2.49. The monoisotopic (exact) mass is 266 g/mol. The van der Waals surface area contributed by atoms with Crippen molar-refractivity contribution in [2.24, 2.45) is 0 Å². The molecule has 1 N–H and O–H groups in total. The zero-order valence-electron chi connectivity index (χ0n) is 11.1. The summed E-state index contributed by atoms with van der Waals surface area (Å²) in [5, 5.41) is 2.74. The molecule has 1 aliphatic rings. The van der Waals surface area contributed by atoms with E-state index < -0.39 is 17.2 Å². The van der Waals surface area contributed by atoms with Crippen LogP contribution in [0.25, 0.3) is 0 Å². The van der Waals surface area contributed by atoms with Gasteiger partial charge in [0, 0.05) is 17.8 Å². The standard InChI is InChI=1S/C14H16F2N2O/c1-8(2)18-9(3)14(4,17-13(18)19)10-5-11(15)7-12(16)6-10/h5-8H,3H2,1-2,4H3,(H,17,19). The van der Waals surface area contributed by atoms with E-state index in [1.807, 2.05) is 13.8 Å². The number of carbonyl (C=O) groups is 1. The molecule has 0 bridgehead atoms. The van der Waals surface area contributed by atoms with Crippen molar-refractivity contribution >= 4 is 6.03 Å². The number of nitrogens with one attached hydrogen (secondary N) is 1. The van der Waals surface area contributed by atoms with E-state index in [4.69, 9.17) is 0 Å². The van der Waals surface area contributed by atoms with Crippen LogP contribution in [0, 0.1) is 11.6 Å². The molecular formula is C14H16F2N2O. The van der Waals surface area contributed by atoms with Crippen molar-refractivity contribution in [2.45, 2.75) is 32.4 Å². The van der Waals surface area contributed by atoms with Crippen LogP contribution in [0.5, 0.6) is 0 Å². The highest BCUT2D eigenvalue weighted by Gasteiger charge is 2.45. The number of halogens is 2. The van der Waals surface area contributed by atoms with Gasteiger partial charge in [-0.3, -0.25) is 4.90 Å². The van der Waals surface area contributed by atoms with Gasteiger partial charge in [-0.05, 0) is 38.5 Å². The zero-order chi connectivity index (χ0) is 14.4. The van der Waals surface area contributed by atoms with Crippen LogP contribution in [0.4, 0.5) is 13.6 Å². The molecule has 2 rings (SSSR count). The number of benzene rings is 1. The molecule has 0 aromatic heterocycles. The Morgan fingerprint density at radius 1 is 1.26 bits per heavy atom. The third-order valence-corrected chi connectivity index (χ3v) is 3.40. The minimum atomic E-state index is -0.996. The number of amides is 2. The van der Waals surface area contributed by atoms with Gasteiger partial charge in [0.2, 0.25) is 0 Å². The van der Waals surface area contributed by atoms with E-state index in [1.54, 1.807) is 6.92 Å². The minimum Gasteiger partial charge on any atom is -0.323 e. The molecule has 3 nitrogen and oxygen atoms in total. The molecule has 102 valence electrons. The van der Waals surface area contributed by atoms with Crippen LogP contribution in [-0.2, 0) is 5.54 Å². The van der Waals surface area contributed by atoms with E-state index >= 15 is 0 Å². The molecule has 1 aromatic rings. The molecule has 1 saturated heterocycles. The number of hydrogen-bond acceptors (Lipinski definition) is 1. The average molecular weight is 266 g/mol. The van der Waals surface area contributed by atoms with E-state index in [9.17, 15) is 13.6 Å². The molecule has 1 atom stereocenters. The summed E-state index contributed by atoms with van der Waals surface area (Å²) in [6.07, 6.45) is 0. The molecule has 5 heteroatoms. The molecule has 0 aliphatic carbocycles. The lowest BCUT2D eigenvalue weighted by atomic mass is 9.89. The first-order valence-corrected chi connectivity index (χ1v) is 6.03. The van der Waals surface area contributed by atoms with Crippen LogP contribution in [0.15, 0.2) is 30.5 Å². The lowest BCUT2D eigenvalue weighted by Crippen LogP contribution is -2.36. The fourth-order valence-corrected chi connectivity index (χ4v) is 2.34. The first-order chi connectivity index (χ1) is 8.75. The highest BCUT2D eigenvalue weighted by Crippen LogP contribution is 2.37. The first-order valence-electron chi connectivity index (χ1n) is 6.03. The van der Waals surface area contributed by atoms with Crippen molar-refractivity contribution < 1.29 is 13.6 Å². The Morgan fingerprint density at radius 3 is 2.21 bits per heavy atom. The van der Waals surface area contributed by atoms with Gasteiger partial charge in [0.1, 0.15) is 17.2 Å². The molecular weight excluding hydrogens is 250 g/mol. The van der Waals surface area contributed by atoms with Gasteiger partial charge in [-0.1, -0.05) is 6.58 Å². The average Bonchev–Trinajstić information content (AvgIpc) is 2.49. The summed E-state index contributed by atoms with van der Waals surface area (Å²) in [7, 11) is 0. The number of urea groups is 1. The van der Waals surface area contributed by atoms with E-state index in [1.165, 1.54) is 17.0 Å². The maximum Gasteiger partial charge on any atom is 0.322 e. The van der Waals surface area contributed by atoms with E-state index in [0.717, 1.165) is 6.07 Å². The molecule has 0 radical (unpaired) electrons. The Labute approximate surface area is 110 Å². The van der Waals surface area contributed by atoms with Crippen molar-refractivity contribution in [3.63, 3.8) is 0 Å². The third kappa shape index (κ3) is 2.09. The molecule has 0 saturated carbocycles. The number of hydrogen-bond donors (Lipinski definition) is 1. The smallest absolute Gasteiger partial charge is 0.322 e. The van der Waals surface area contributed by atoms with Gasteiger partial charge in [-0.15, -0.1) is 0 Å². The molecule has 19 heavy (non-hydrogen) atoms. The second kappa shape index (κ2) is 4.33. The fraction of sp³-hybridized carbons (Fsp3) is 0.357. The lowest BCUT2D eigenvalue weighted by molar-refractivity contribution is 0.214. The van der Waals surface area contributed by atoms with Gasteiger partial charge in [0.25, 0.3) is 0 Å². The number of rotatable bonds is 2. The van der Waals surface area contributed by atoms with Crippen molar-refractivity contribution in [3.05, 3.63) is 47.7 Å².